The van der Waals surface area contributed by atoms with E-state index >= 15 is 0 Å². The van der Waals surface area contributed by atoms with Gasteiger partial charge in [0.2, 0.25) is 0 Å². The number of hydrogen-bond acceptors (Lipinski definition) is 2. The molecule has 0 bridgehead atoms. The Kier molecular flexibility index (Phi) is 11.6. The van der Waals surface area contributed by atoms with E-state index in [0.29, 0.717) is 0 Å². The standard InChI is InChI=1S/C80H70N4/c1-79(2,3)55-33-37-57(38-34-55)81-71-25-13-11-23-63(71)65-45-41-59(49-75(65)81)83(69-27-15-19-51-17-7-9-21-61(51)69)73-47-31-53-30-44-68-74(48-32-54-29-43-67(73)77(53)78(54)68)84(70-28-16-20-52-18-8-10-22-62(52)70)60-42-46-66-64-24-12-14-26-72(64)82(76(66)50-60)58-39-35-56(36-40-58)80(4,5)6/h11-16,19-20,23-50H,7-10,17-18,21-22H2,1-6H3. The maximum absolute atomic E-state index is 2.62. The lowest BCUT2D eigenvalue weighted by molar-refractivity contribution is 0.590. The van der Waals surface area contributed by atoms with Crippen LogP contribution in [-0.2, 0) is 36.5 Å². The van der Waals surface area contributed by atoms with Crippen LogP contribution in [0.3, 0.4) is 0 Å². The molecule has 4 nitrogen and oxygen atoms in total. The number of aryl methyl sites for hydroxylation is 2. The Morgan fingerprint density at radius 1 is 0.310 bits per heavy atom. The molecule has 0 fully saturated rings. The number of nitrogens with zero attached hydrogens (tertiary/aromatic N) is 4. The predicted octanol–water partition coefficient (Wildman–Crippen LogP) is 22.1. The van der Waals surface area contributed by atoms with E-state index in [2.05, 4.69) is 279 Å². The summed E-state index contributed by atoms with van der Waals surface area (Å²) in [5.74, 6) is 0. The fraction of sp³-hybridized carbons (Fsp3) is 0.200. The molecular weight excluding hydrogens is 1020 g/mol. The lowest BCUT2D eigenvalue weighted by atomic mass is 9.87. The Morgan fingerprint density at radius 3 is 1.12 bits per heavy atom. The SMILES string of the molecule is CC(C)(C)c1ccc(-n2c3ccccc3c3ccc(N(c4cccc5c4CCCC5)c4ccc5ccc6c(N(c7ccc8c9ccccc9n(-c9ccc(C(C)(C)C)cc9)c8c7)c7cccc8c7CCCC8)ccc7ccc4c5c76)cc32)cc1. The molecule has 2 aromatic heterocycles. The topological polar surface area (TPSA) is 16.3 Å². The quantitative estimate of drug-likeness (QED) is 0.141. The number of hydrogen-bond donors (Lipinski definition) is 0. The molecule has 0 unspecified atom stereocenters. The van der Waals surface area contributed by atoms with Crippen molar-refractivity contribution < 1.29 is 0 Å². The van der Waals surface area contributed by atoms with Gasteiger partial charge in [0.25, 0.3) is 0 Å². The minimum absolute atomic E-state index is 0.0588. The van der Waals surface area contributed by atoms with Gasteiger partial charge in [-0.1, -0.05) is 175 Å². The number of aromatic nitrogens is 2. The van der Waals surface area contributed by atoms with Crippen molar-refractivity contribution in [2.45, 2.75) is 104 Å². The van der Waals surface area contributed by atoms with Crippen molar-refractivity contribution in [3.63, 3.8) is 0 Å². The molecule has 0 saturated heterocycles. The average Bonchev–Trinajstić information content (AvgIpc) is 1.32. The summed E-state index contributed by atoms with van der Waals surface area (Å²) >= 11 is 0. The third kappa shape index (κ3) is 8.01. The third-order valence-electron chi connectivity index (χ3n) is 19.1. The van der Waals surface area contributed by atoms with Crippen LogP contribution < -0.4 is 9.80 Å². The molecule has 16 rings (SSSR count). The monoisotopic (exact) mass is 1090 g/mol. The Labute approximate surface area is 493 Å². The minimum atomic E-state index is 0.0588. The van der Waals surface area contributed by atoms with Crippen LogP contribution in [0.25, 0.3) is 87.3 Å². The first-order valence-electron chi connectivity index (χ1n) is 30.8. The van der Waals surface area contributed by atoms with Crippen LogP contribution in [0.15, 0.2) is 218 Å². The first-order chi connectivity index (χ1) is 40.9. The van der Waals surface area contributed by atoms with Gasteiger partial charge in [0, 0.05) is 66.4 Å². The molecule has 12 aromatic carbocycles. The Balaban J connectivity index is 0.925. The van der Waals surface area contributed by atoms with Crippen LogP contribution >= 0.6 is 0 Å². The van der Waals surface area contributed by atoms with E-state index in [4.69, 9.17) is 0 Å². The number of para-hydroxylation sites is 2. The Bertz CT molecular complexity index is 4610. The van der Waals surface area contributed by atoms with Crippen LogP contribution in [0, 0.1) is 0 Å². The fourth-order valence-electron chi connectivity index (χ4n) is 14.9. The number of fused-ring (bicyclic) bond motifs is 8. The highest BCUT2D eigenvalue weighted by Gasteiger charge is 2.28. The van der Waals surface area contributed by atoms with Crippen LogP contribution in [0.2, 0.25) is 0 Å². The first-order valence-corrected chi connectivity index (χ1v) is 30.8. The van der Waals surface area contributed by atoms with Crippen LogP contribution in [0.1, 0.15) is 101 Å². The summed E-state index contributed by atoms with van der Waals surface area (Å²) in [6.45, 7) is 13.8. The molecule has 0 atom stereocenters. The van der Waals surface area contributed by atoms with E-state index in [1.54, 1.807) is 0 Å². The molecule has 410 valence electrons. The van der Waals surface area contributed by atoms with Crippen molar-refractivity contribution in [1.82, 2.24) is 9.13 Å². The normalized spacial score (nSPS) is 13.9. The van der Waals surface area contributed by atoms with Gasteiger partial charge in [0.05, 0.1) is 33.4 Å². The van der Waals surface area contributed by atoms with Gasteiger partial charge in [-0.25, -0.2) is 0 Å². The maximum atomic E-state index is 2.62. The van der Waals surface area contributed by atoms with Crippen LogP contribution in [0.4, 0.5) is 34.1 Å². The van der Waals surface area contributed by atoms with E-state index < -0.39 is 0 Å². The molecule has 0 aliphatic heterocycles. The molecule has 0 N–H and O–H groups in total. The van der Waals surface area contributed by atoms with Crippen molar-refractivity contribution in [3.05, 3.63) is 252 Å². The van der Waals surface area contributed by atoms with E-state index in [1.807, 2.05) is 0 Å². The zero-order valence-corrected chi connectivity index (χ0v) is 49.2. The second-order valence-corrected chi connectivity index (χ2v) is 26.2. The van der Waals surface area contributed by atoms with Gasteiger partial charge in [-0.3, -0.25) is 0 Å². The summed E-state index contributed by atoms with van der Waals surface area (Å²) in [6.07, 6.45) is 9.18. The summed E-state index contributed by atoms with van der Waals surface area (Å²) in [6, 6.07) is 84.2. The van der Waals surface area contributed by atoms with E-state index in [0.717, 1.165) is 37.1 Å². The van der Waals surface area contributed by atoms with Crippen molar-refractivity contribution in [2.75, 3.05) is 9.80 Å². The van der Waals surface area contributed by atoms with Gasteiger partial charge < -0.3 is 18.9 Å². The summed E-state index contributed by atoms with van der Waals surface area (Å²) in [4.78, 5) is 5.24. The molecule has 2 aliphatic carbocycles. The van der Waals surface area contributed by atoms with Crippen molar-refractivity contribution in [3.8, 4) is 11.4 Å². The van der Waals surface area contributed by atoms with Gasteiger partial charge in [0.1, 0.15) is 0 Å². The van der Waals surface area contributed by atoms with E-state index in [1.165, 1.54) is 169 Å². The number of benzene rings is 12. The Hall–Kier alpha value is -9.12. The molecule has 0 radical (unpaired) electrons. The maximum Gasteiger partial charge on any atom is 0.0561 e. The molecule has 4 heteroatoms. The van der Waals surface area contributed by atoms with E-state index in [9.17, 15) is 0 Å². The summed E-state index contributed by atoms with van der Waals surface area (Å²) in [5.41, 5.74) is 23.1. The Morgan fingerprint density at radius 2 is 0.690 bits per heavy atom. The highest BCUT2D eigenvalue weighted by Crippen LogP contribution is 2.51. The smallest absolute Gasteiger partial charge is 0.0561 e. The summed E-state index contributed by atoms with van der Waals surface area (Å²) < 4.78 is 4.98. The highest BCUT2D eigenvalue weighted by molar-refractivity contribution is 6.28. The third-order valence-corrected chi connectivity index (χ3v) is 19.1. The van der Waals surface area contributed by atoms with Crippen molar-refractivity contribution >= 4 is 110 Å². The molecule has 0 spiro atoms. The lowest BCUT2D eigenvalue weighted by Gasteiger charge is -2.33. The van der Waals surface area contributed by atoms with Crippen molar-refractivity contribution in [1.29, 1.82) is 0 Å². The lowest BCUT2D eigenvalue weighted by Crippen LogP contribution is -2.16. The van der Waals surface area contributed by atoms with E-state index in [-0.39, 0.29) is 10.8 Å². The second-order valence-electron chi connectivity index (χ2n) is 26.2. The number of rotatable bonds is 8. The molecule has 0 amide bonds. The first kappa shape index (κ1) is 50.6. The van der Waals surface area contributed by atoms with Gasteiger partial charge in [-0.15, -0.1) is 0 Å². The van der Waals surface area contributed by atoms with Crippen molar-refractivity contribution in [2.24, 2.45) is 0 Å². The molecule has 0 saturated carbocycles. The summed E-state index contributed by atoms with van der Waals surface area (Å²) in [5, 5.41) is 12.6. The predicted molar refractivity (Wildman–Crippen MR) is 359 cm³/mol. The van der Waals surface area contributed by atoms with Crippen LogP contribution in [-0.4, -0.2) is 9.13 Å². The van der Waals surface area contributed by atoms with Crippen LogP contribution in [0.5, 0.6) is 0 Å². The molecular formula is C80H70N4. The minimum Gasteiger partial charge on any atom is -0.310 e. The molecule has 14 aromatic rings. The highest BCUT2D eigenvalue weighted by atomic mass is 15.2. The fourth-order valence-corrected chi connectivity index (χ4v) is 14.9. The second kappa shape index (κ2) is 19.2. The van der Waals surface area contributed by atoms with Gasteiger partial charge in [0.15, 0.2) is 0 Å². The number of anilines is 6. The zero-order valence-electron chi connectivity index (χ0n) is 49.2. The zero-order chi connectivity index (χ0) is 56.6. The van der Waals surface area contributed by atoms with Gasteiger partial charge in [-0.2, -0.15) is 0 Å². The molecule has 2 aliphatic rings. The summed E-state index contributed by atoms with van der Waals surface area (Å²) in [7, 11) is 0. The largest absolute Gasteiger partial charge is 0.310 e. The van der Waals surface area contributed by atoms with Gasteiger partial charge >= 0.3 is 0 Å². The molecule has 2 heterocycles. The average molecular weight is 1090 g/mol. The molecule has 84 heavy (non-hydrogen) atoms. The van der Waals surface area contributed by atoms with Gasteiger partial charge in [-0.05, 0) is 202 Å².